The van der Waals surface area contributed by atoms with Gasteiger partial charge in [-0.1, -0.05) is 25.5 Å². The van der Waals surface area contributed by atoms with Gasteiger partial charge < -0.3 is 10.1 Å². The Balaban J connectivity index is 2.38. The molecular weight excluding hydrogens is 298 g/mol. The summed E-state index contributed by atoms with van der Waals surface area (Å²) in [4.78, 5) is 23.0. The third-order valence-corrected chi connectivity index (χ3v) is 2.96. The number of unbranched alkanes of at least 4 members (excludes halogenated alkanes) is 1. The van der Waals surface area contributed by atoms with Crippen molar-refractivity contribution < 1.29 is 14.3 Å². The molecule has 1 rings (SSSR count). The summed E-state index contributed by atoms with van der Waals surface area (Å²) >= 11 is 3.28. The Hall–Kier alpha value is -1.36. The fourth-order valence-electron chi connectivity index (χ4n) is 1.27. The topological polar surface area (TPSA) is 55.4 Å². The molecule has 0 aromatic heterocycles. The molecule has 0 unspecified atom stereocenters. The predicted octanol–water partition coefficient (Wildman–Crippen LogP) is 2.52. The molecule has 1 N–H and O–H groups in total. The minimum Gasteiger partial charge on any atom is -0.464 e. The number of benzene rings is 1. The highest BCUT2D eigenvalue weighted by molar-refractivity contribution is 9.10. The van der Waals surface area contributed by atoms with E-state index in [-0.39, 0.29) is 12.5 Å². The molecule has 0 bridgehead atoms. The van der Waals surface area contributed by atoms with Gasteiger partial charge in [-0.2, -0.15) is 0 Å². The van der Waals surface area contributed by atoms with Crippen LogP contribution in [0.4, 0.5) is 0 Å². The van der Waals surface area contributed by atoms with E-state index in [9.17, 15) is 9.59 Å². The highest BCUT2D eigenvalue weighted by Gasteiger charge is 2.10. The number of nitrogens with one attached hydrogen (secondary N) is 1. The number of esters is 1. The lowest BCUT2D eigenvalue weighted by Crippen LogP contribution is -2.31. The summed E-state index contributed by atoms with van der Waals surface area (Å²) in [7, 11) is 0. The maximum absolute atomic E-state index is 11.8. The normalized spacial score (nSPS) is 9.89. The Labute approximate surface area is 115 Å². The lowest BCUT2D eigenvalue weighted by Gasteiger charge is -2.07. The van der Waals surface area contributed by atoms with Crippen LogP contribution in [-0.4, -0.2) is 25.0 Å². The molecule has 0 saturated carbocycles. The van der Waals surface area contributed by atoms with Crippen LogP contribution in [0.1, 0.15) is 30.1 Å². The zero-order valence-electron chi connectivity index (χ0n) is 10.2. The molecule has 0 fully saturated rings. The number of hydrogen-bond acceptors (Lipinski definition) is 3. The van der Waals surface area contributed by atoms with Crippen LogP contribution in [0.25, 0.3) is 0 Å². The lowest BCUT2D eigenvalue weighted by atomic mass is 10.2. The Morgan fingerprint density at radius 3 is 2.72 bits per heavy atom. The molecule has 5 heteroatoms. The van der Waals surface area contributed by atoms with E-state index in [1.807, 2.05) is 13.0 Å². The number of halogens is 1. The Morgan fingerprint density at radius 1 is 1.33 bits per heavy atom. The van der Waals surface area contributed by atoms with E-state index in [0.29, 0.717) is 16.6 Å². The standard InChI is InChI=1S/C13H16BrNO3/c1-2-3-8-18-12(16)9-15-13(17)10-6-4-5-7-11(10)14/h4-7H,2-3,8-9H2,1H3,(H,15,17). The summed E-state index contributed by atoms with van der Waals surface area (Å²) in [5.74, 6) is -0.709. The monoisotopic (exact) mass is 313 g/mol. The van der Waals surface area contributed by atoms with Crippen LogP contribution in [0.2, 0.25) is 0 Å². The van der Waals surface area contributed by atoms with E-state index in [2.05, 4.69) is 21.2 Å². The van der Waals surface area contributed by atoms with Crippen molar-refractivity contribution in [2.45, 2.75) is 19.8 Å². The summed E-state index contributed by atoms with van der Waals surface area (Å²) in [6.45, 7) is 2.31. The SMILES string of the molecule is CCCCOC(=O)CNC(=O)c1ccccc1Br. The van der Waals surface area contributed by atoms with Crippen molar-refractivity contribution in [1.82, 2.24) is 5.32 Å². The van der Waals surface area contributed by atoms with Gasteiger partial charge >= 0.3 is 5.97 Å². The average molecular weight is 314 g/mol. The van der Waals surface area contributed by atoms with Crippen LogP contribution in [-0.2, 0) is 9.53 Å². The largest absolute Gasteiger partial charge is 0.464 e. The maximum atomic E-state index is 11.8. The summed E-state index contributed by atoms with van der Waals surface area (Å²) in [6.07, 6.45) is 1.81. The summed E-state index contributed by atoms with van der Waals surface area (Å²) in [5.41, 5.74) is 0.499. The molecule has 0 saturated heterocycles. The van der Waals surface area contributed by atoms with Crippen molar-refractivity contribution in [3.63, 3.8) is 0 Å². The molecule has 0 spiro atoms. The highest BCUT2D eigenvalue weighted by Crippen LogP contribution is 2.15. The third-order valence-electron chi connectivity index (χ3n) is 2.27. The molecule has 0 aliphatic carbocycles. The van der Waals surface area contributed by atoms with Gasteiger partial charge in [0.1, 0.15) is 6.54 Å². The molecule has 4 nitrogen and oxygen atoms in total. The molecule has 0 heterocycles. The first-order valence-electron chi connectivity index (χ1n) is 5.83. The van der Waals surface area contributed by atoms with Crippen LogP contribution in [0.5, 0.6) is 0 Å². The van der Waals surface area contributed by atoms with Crippen molar-refractivity contribution in [3.8, 4) is 0 Å². The summed E-state index contributed by atoms with van der Waals surface area (Å²) < 4.78 is 5.63. The Morgan fingerprint density at radius 2 is 2.06 bits per heavy atom. The van der Waals surface area contributed by atoms with Gasteiger partial charge in [-0.25, -0.2) is 0 Å². The number of amides is 1. The molecule has 98 valence electrons. The molecule has 1 aromatic carbocycles. The van der Waals surface area contributed by atoms with E-state index < -0.39 is 5.97 Å². The summed E-state index contributed by atoms with van der Waals surface area (Å²) in [5, 5.41) is 2.52. The quantitative estimate of drug-likeness (QED) is 0.648. The van der Waals surface area contributed by atoms with Crippen LogP contribution in [0.3, 0.4) is 0 Å². The minimum absolute atomic E-state index is 0.107. The van der Waals surface area contributed by atoms with E-state index in [1.54, 1.807) is 18.2 Å². The Bertz CT molecular complexity index is 420. The smallest absolute Gasteiger partial charge is 0.325 e. The van der Waals surface area contributed by atoms with Crippen molar-refractivity contribution in [2.75, 3.05) is 13.2 Å². The van der Waals surface area contributed by atoms with Gasteiger partial charge in [0, 0.05) is 4.47 Å². The second-order valence-electron chi connectivity index (χ2n) is 3.74. The zero-order valence-corrected chi connectivity index (χ0v) is 11.8. The van der Waals surface area contributed by atoms with Crippen molar-refractivity contribution in [2.24, 2.45) is 0 Å². The lowest BCUT2D eigenvalue weighted by molar-refractivity contribution is -0.142. The van der Waals surface area contributed by atoms with E-state index in [0.717, 1.165) is 12.8 Å². The first-order chi connectivity index (χ1) is 8.65. The van der Waals surface area contributed by atoms with E-state index in [1.165, 1.54) is 0 Å². The van der Waals surface area contributed by atoms with Gasteiger partial charge in [0.05, 0.1) is 12.2 Å². The number of carbonyl (C=O) groups is 2. The maximum Gasteiger partial charge on any atom is 0.325 e. The molecule has 18 heavy (non-hydrogen) atoms. The minimum atomic E-state index is -0.413. The van der Waals surface area contributed by atoms with Gasteiger partial charge in [0.2, 0.25) is 0 Å². The first kappa shape index (κ1) is 14.7. The van der Waals surface area contributed by atoms with Gasteiger partial charge in [0.25, 0.3) is 5.91 Å². The van der Waals surface area contributed by atoms with Gasteiger partial charge in [-0.15, -0.1) is 0 Å². The van der Waals surface area contributed by atoms with Crippen molar-refractivity contribution in [3.05, 3.63) is 34.3 Å². The van der Waals surface area contributed by atoms with Crippen LogP contribution in [0, 0.1) is 0 Å². The van der Waals surface area contributed by atoms with Gasteiger partial charge in [0.15, 0.2) is 0 Å². The van der Waals surface area contributed by atoms with Crippen LogP contribution < -0.4 is 5.32 Å². The molecule has 1 amide bonds. The average Bonchev–Trinajstić information content (AvgIpc) is 2.37. The fraction of sp³-hybridized carbons (Fsp3) is 0.385. The third kappa shape index (κ3) is 4.87. The fourth-order valence-corrected chi connectivity index (χ4v) is 1.74. The number of carbonyl (C=O) groups excluding carboxylic acids is 2. The van der Waals surface area contributed by atoms with Crippen molar-refractivity contribution in [1.29, 1.82) is 0 Å². The van der Waals surface area contributed by atoms with Gasteiger partial charge in [-0.05, 0) is 34.5 Å². The highest BCUT2D eigenvalue weighted by atomic mass is 79.9. The number of rotatable bonds is 6. The molecule has 0 radical (unpaired) electrons. The predicted molar refractivity (Wildman–Crippen MR) is 72.3 cm³/mol. The van der Waals surface area contributed by atoms with Crippen LogP contribution in [0.15, 0.2) is 28.7 Å². The Kier molecular flexibility index (Phi) is 6.43. The van der Waals surface area contributed by atoms with Crippen LogP contribution >= 0.6 is 15.9 Å². The molecule has 0 aliphatic rings. The molecule has 0 aliphatic heterocycles. The molecule has 1 aromatic rings. The number of hydrogen-bond donors (Lipinski definition) is 1. The molecule has 0 atom stereocenters. The van der Waals surface area contributed by atoms with E-state index >= 15 is 0 Å². The first-order valence-corrected chi connectivity index (χ1v) is 6.62. The second-order valence-corrected chi connectivity index (χ2v) is 4.59. The zero-order chi connectivity index (χ0) is 13.4. The summed E-state index contributed by atoms with van der Waals surface area (Å²) in [6, 6.07) is 7.04. The number of ether oxygens (including phenoxy) is 1. The second kappa shape index (κ2) is 7.87. The van der Waals surface area contributed by atoms with Crippen molar-refractivity contribution >= 4 is 27.8 Å². The van der Waals surface area contributed by atoms with E-state index in [4.69, 9.17) is 4.74 Å². The van der Waals surface area contributed by atoms with Gasteiger partial charge in [-0.3, -0.25) is 9.59 Å². The molecular formula is C13H16BrNO3.